The molecule has 1 saturated heterocycles. The van der Waals surface area contributed by atoms with E-state index < -0.39 is 12.0 Å². The molecule has 2 saturated carbocycles. The quantitative estimate of drug-likeness (QED) is 0.735. The van der Waals surface area contributed by atoms with Gasteiger partial charge in [-0.25, -0.2) is 0 Å². The Morgan fingerprint density at radius 1 is 1.19 bits per heavy atom. The van der Waals surface area contributed by atoms with Crippen molar-refractivity contribution in [1.29, 1.82) is 0 Å². The van der Waals surface area contributed by atoms with Gasteiger partial charge in [-0.2, -0.15) is 0 Å². The number of carboxylic acid groups (broad SMARTS) is 1. The highest BCUT2D eigenvalue weighted by atomic mass is 16.4. The van der Waals surface area contributed by atoms with Gasteiger partial charge in [0.1, 0.15) is 0 Å². The predicted molar refractivity (Wildman–Crippen MR) is 74.4 cm³/mol. The van der Waals surface area contributed by atoms with Gasteiger partial charge < -0.3 is 5.11 Å². The van der Waals surface area contributed by atoms with Crippen LogP contribution in [-0.4, -0.2) is 57.9 Å². The average molecular weight is 294 g/mol. The van der Waals surface area contributed by atoms with Crippen molar-refractivity contribution in [2.75, 3.05) is 13.1 Å². The lowest BCUT2D eigenvalue weighted by atomic mass is 10.2. The summed E-state index contributed by atoms with van der Waals surface area (Å²) in [6.07, 6.45) is 6.25. The number of hydrogen-bond donors (Lipinski definition) is 1. The smallest absolute Gasteiger partial charge is 0.317 e. The molecule has 1 aliphatic heterocycles. The summed E-state index contributed by atoms with van der Waals surface area (Å²) >= 11 is 0. The van der Waals surface area contributed by atoms with Crippen molar-refractivity contribution in [3.63, 3.8) is 0 Å². The molecule has 6 heteroatoms. The van der Waals surface area contributed by atoms with E-state index in [-0.39, 0.29) is 30.8 Å². The van der Waals surface area contributed by atoms with Crippen LogP contribution in [0.15, 0.2) is 0 Å². The molecule has 3 fully saturated rings. The molecular weight excluding hydrogens is 272 g/mol. The Morgan fingerprint density at radius 2 is 1.86 bits per heavy atom. The second-order valence-electron chi connectivity index (χ2n) is 6.53. The molecule has 0 spiro atoms. The van der Waals surface area contributed by atoms with Crippen LogP contribution in [-0.2, 0) is 14.4 Å². The third kappa shape index (κ3) is 3.10. The van der Waals surface area contributed by atoms with Crippen LogP contribution in [0.25, 0.3) is 0 Å². The Bertz CT molecular complexity index is 455. The van der Waals surface area contributed by atoms with Crippen molar-refractivity contribution in [2.45, 2.75) is 57.0 Å². The molecule has 1 heterocycles. The van der Waals surface area contributed by atoms with E-state index in [0.717, 1.165) is 38.5 Å². The summed E-state index contributed by atoms with van der Waals surface area (Å²) in [4.78, 5) is 39.0. The number of carbonyl (C=O) groups excluding carboxylic acids is 2. The molecule has 3 aliphatic rings. The fourth-order valence-electron chi connectivity index (χ4n) is 3.57. The standard InChI is InChI=1S/C15H22N2O4/c18-13-7-12(15(21)17(13)11-3-1-2-4-11)16(9-14(19)20)8-10-5-6-10/h10-12H,1-9H2,(H,19,20). The van der Waals surface area contributed by atoms with Crippen LogP contribution in [0.4, 0.5) is 0 Å². The zero-order valence-electron chi connectivity index (χ0n) is 12.2. The zero-order valence-corrected chi connectivity index (χ0v) is 12.2. The number of amides is 2. The topological polar surface area (TPSA) is 77.9 Å². The Hall–Kier alpha value is -1.43. The third-order valence-corrected chi connectivity index (χ3v) is 4.82. The maximum Gasteiger partial charge on any atom is 0.317 e. The third-order valence-electron chi connectivity index (χ3n) is 4.82. The maximum atomic E-state index is 12.6. The van der Waals surface area contributed by atoms with Gasteiger partial charge in [0.25, 0.3) is 0 Å². The van der Waals surface area contributed by atoms with Crippen molar-refractivity contribution >= 4 is 17.8 Å². The van der Waals surface area contributed by atoms with Crippen molar-refractivity contribution in [3.8, 4) is 0 Å². The Balaban J connectivity index is 1.71. The van der Waals surface area contributed by atoms with E-state index in [1.165, 1.54) is 4.90 Å². The molecule has 0 aromatic carbocycles. The van der Waals surface area contributed by atoms with E-state index in [1.54, 1.807) is 4.90 Å². The molecule has 1 unspecified atom stereocenters. The van der Waals surface area contributed by atoms with Crippen LogP contribution in [0.2, 0.25) is 0 Å². The summed E-state index contributed by atoms with van der Waals surface area (Å²) in [5, 5.41) is 9.06. The van der Waals surface area contributed by atoms with Gasteiger partial charge in [0.15, 0.2) is 0 Å². The minimum absolute atomic E-state index is 0.0441. The first-order chi connectivity index (χ1) is 10.1. The first-order valence-corrected chi connectivity index (χ1v) is 7.88. The van der Waals surface area contributed by atoms with Gasteiger partial charge in [-0.3, -0.25) is 24.2 Å². The molecule has 2 amide bonds. The van der Waals surface area contributed by atoms with Gasteiger partial charge in [0.2, 0.25) is 11.8 Å². The highest BCUT2D eigenvalue weighted by Crippen LogP contribution is 2.33. The molecule has 2 aliphatic carbocycles. The van der Waals surface area contributed by atoms with E-state index in [0.29, 0.717) is 12.5 Å². The van der Waals surface area contributed by atoms with Gasteiger partial charge in [-0.05, 0) is 31.6 Å². The maximum absolute atomic E-state index is 12.6. The van der Waals surface area contributed by atoms with Crippen LogP contribution in [0.1, 0.15) is 44.9 Å². The molecule has 0 radical (unpaired) electrons. The molecule has 6 nitrogen and oxygen atoms in total. The highest BCUT2D eigenvalue weighted by Gasteiger charge is 2.46. The van der Waals surface area contributed by atoms with E-state index >= 15 is 0 Å². The van der Waals surface area contributed by atoms with E-state index in [4.69, 9.17) is 5.11 Å². The minimum atomic E-state index is -0.935. The largest absolute Gasteiger partial charge is 0.480 e. The van der Waals surface area contributed by atoms with Crippen LogP contribution in [0, 0.1) is 5.92 Å². The number of hydrogen-bond acceptors (Lipinski definition) is 4. The van der Waals surface area contributed by atoms with Gasteiger partial charge in [-0.1, -0.05) is 12.8 Å². The monoisotopic (exact) mass is 294 g/mol. The molecule has 0 bridgehead atoms. The van der Waals surface area contributed by atoms with Gasteiger partial charge in [0, 0.05) is 12.6 Å². The molecule has 0 aromatic heterocycles. The fourth-order valence-corrected chi connectivity index (χ4v) is 3.57. The van der Waals surface area contributed by atoms with E-state index in [9.17, 15) is 14.4 Å². The van der Waals surface area contributed by atoms with Crippen LogP contribution < -0.4 is 0 Å². The number of nitrogens with zero attached hydrogens (tertiary/aromatic N) is 2. The summed E-state index contributed by atoms with van der Waals surface area (Å²) in [6.45, 7) is 0.465. The van der Waals surface area contributed by atoms with Crippen LogP contribution in [0.3, 0.4) is 0 Å². The van der Waals surface area contributed by atoms with Gasteiger partial charge in [0.05, 0.1) is 19.0 Å². The van der Waals surface area contributed by atoms with Crippen molar-refractivity contribution in [1.82, 2.24) is 9.80 Å². The van der Waals surface area contributed by atoms with Gasteiger partial charge >= 0.3 is 5.97 Å². The van der Waals surface area contributed by atoms with Crippen molar-refractivity contribution in [3.05, 3.63) is 0 Å². The lowest BCUT2D eigenvalue weighted by molar-refractivity contribution is -0.143. The molecule has 116 valence electrons. The SMILES string of the molecule is O=C(O)CN(CC1CC1)C1CC(=O)N(C2CCCC2)C1=O. The van der Waals surface area contributed by atoms with Crippen molar-refractivity contribution < 1.29 is 19.5 Å². The number of likely N-dealkylation sites (tertiary alicyclic amines) is 1. The molecule has 1 N–H and O–H groups in total. The average Bonchev–Trinajstić information content (AvgIpc) is 2.96. The summed E-state index contributed by atoms with van der Waals surface area (Å²) in [6, 6.07) is -0.516. The van der Waals surface area contributed by atoms with Crippen LogP contribution >= 0.6 is 0 Å². The van der Waals surface area contributed by atoms with Gasteiger partial charge in [-0.15, -0.1) is 0 Å². The number of carbonyl (C=O) groups is 3. The lowest BCUT2D eigenvalue weighted by Gasteiger charge is -2.27. The summed E-state index contributed by atoms with van der Waals surface area (Å²) in [5.41, 5.74) is 0. The second-order valence-corrected chi connectivity index (χ2v) is 6.53. The normalized spacial score (nSPS) is 27.1. The summed E-state index contributed by atoms with van der Waals surface area (Å²) in [7, 11) is 0. The van der Waals surface area contributed by atoms with Crippen LogP contribution in [0.5, 0.6) is 0 Å². The Kier molecular flexibility index (Phi) is 3.97. The highest BCUT2D eigenvalue weighted by molar-refractivity contribution is 6.06. The molecule has 0 aromatic rings. The summed E-state index contributed by atoms with van der Waals surface area (Å²) < 4.78 is 0. The molecular formula is C15H22N2O4. The first-order valence-electron chi connectivity index (χ1n) is 7.88. The van der Waals surface area contributed by atoms with E-state index in [2.05, 4.69) is 0 Å². The number of aliphatic carboxylic acids is 1. The molecule has 3 rings (SSSR count). The first kappa shape index (κ1) is 14.5. The van der Waals surface area contributed by atoms with Crippen molar-refractivity contribution in [2.24, 2.45) is 5.92 Å². The number of imide groups is 1. The number of carboxylic acids is 1. The fraction of sp³-hybridized carbons (Fsp3) is 0.800. The molecule has 1 atom stereocenters. The Morgan fingerprint density at radius 3 is 2.43 bits per heavy atom. The second kappa shape index (κ2) is 5.75. The Labute approximate surface area is 124 Å². The lowest BCUT2D eigenvalue weighted by Crippen LogP contribution is -2.47. The summed E-state index contributed by atoms with van der Waals surface area (Å²) in [5.74, 6) is -0.736. The minimum Gasteiger partial charge on any atom is -0.480 e. The predicted octanol–water partition coefficient (Wildman–Crippen LogP) is 0.853. The number of rotatable bonds is 6. The van der Waals surface area contributed by atoms with E-state index in [1.807, 2.05) is 0 Å². The molecule has 21 heavy (non-hydrogen) atoms. The zero-order chi connectivity index (χ0) is 15.0.